The van der Waals surface area contributed by atoms with Crippen LogP contribution in [0.15, 0.2) is 24.3 Å². The molecule has 2 atom stereocenters. The monoisotopic (exact) mass is 360 g/mol. The zero-order valence-corrected chi connectivity index (χ0v) is 14.4. The van der Waals surface area contributed by atoms with E-state index in [1.54, 1.807) is 0 Å². The molecular weight excluding hydrogens is 337 g/mol. The molecule has 0 bridgehead atoms. The number of amides is 1. The van der Waals surface area contributed by atoms with E-state index >= 15 is 0 Å². The van der Waals surface area contributed by atoms with Crippen molar-refractivity contribution in [1.82, 2.24) is 5.32 Å². The molecule has 0 aromatic heterocycles. The smallest absolute Gasteiger partial charge is 0.406 e. The second-order valence-corrected chi connectivity index (χ2v) is 6.72. The molecule has 25 heavy (non-hydrogen) atoms. The van der Waals surface area contributed by atoms with E-state index in [-0.39, 0.29) is 24.3 Å². The Balaban J connectivity index is 1.92. The molecule has 1 fully saturated rings. The van der Waals surface area contributed by atoms with Gasteiger partial charge in [-0.15, -0.1) is 13.2 Å². The van der Waals surface area contributed by atoms with Gasteiger partial charge in [0.15, 0.2) is 0 Å². The molecule has 0 spiro atoms. The number of benzene rings is 1. The molecule has 1 amide bonds. The van der Waals surface area contributed by atoms with Crippen molar-refractivity contribution in [3.63, 3.8) is 0 Å². The highest BCUT2D eigenvalue weighted by atomic mass is 19.4. The summed E-state index contributed by atoms with van der Waals surface area (Å²) < 4.78 is 45.8. The van der Waals surface area contributed by atoms with Gasteiger partial charge in [0.2, 0.25) is 5.91 Å². The molecule has 5 nitrogen and oxygen atoms in total. The molecule has 1 aliphatic rings. The lowest BCUT2D eigenvalue weighted by Gasteiger charge is -2.57. The summed E-state index contributed by atoms with van der Waals surface area (Å²) in [5.74, 6) is -0.610. The third-order valence-corrected chi connectivity index (χ3v) is 4.85. The van der Waals surface area contributed by atoms with Crippen LogP contribution >= 0.6 is 0 Å². The second-order valence-electron chi connectivity index (χ2n) is 6.72. The lowest BCUT2D eigenvalue weighted by Crippen LogP contribution is -2.75. The van der Waals surface area contributed by atoms with Crippen molar-refractivity contribution >= 4 is 5.91 Å². The SMILES string of the molecule is CCOC1CC(N)(C(=O)NCc2ccc(OC(F)(F)F)cc2)C1(C)C. The normalized spacial score (nSPS) is 25.2. The number of carbonyl (C=O) groups is 1. The van der Waals surface area contributed by atoms with E-state index in [0.717, 1.165) is 0 Å². The molecule has 2 rings (SSSR count). The fourth-order valence-electron chi connectivity index (χ4n) is 2.97. The first-order chi connectivity index (χ1) is 11.5. The number of nitrogens with two attached hydrogens (primary N) is 1. The molecule has 1 aliphatic carbocycles. The summed E-state index contributed by atoms with van der Waals surface area (Å²) in [6, 6.07) is 5.32. The standard InChI is InChI=1S/C17H23F3N2O3/c1-4-24-13-9-16(21,15(13,2)3)14(23)22-10-11-5-7-12(8-6-11)25-17(18,19)20/h5-8,13H,4,9-10,21H2,1-3H3,(H,22,23). The molecule has 1 saturated carbocycles. The van der Waals surface area contributed by atoms with Crippen molar-refractivity contribution in [2.24, 2.45) is 11.1 Å². The van der Waals surface area contributed by atoms with Crippen LogP contribution in [0.3, 0.4) is 0 Å². The van der Waals surface area contributed by atoms with Crippen LogP contribution in [0.5, 0.6) is 5.75 Å². The van der Waals surface area contributed by atoms with Gasteiger partial charge >= 0.3 is 6.36 Å². The van der Waals surface area contributed by atoms with Gasteiger partial charge in [-0.05, 0) is 24.6 Å². The predicted octanol–water partition coefficient (Wildman–Crippen LogP) is 2.73. The predicted molar refractivity (Wildman–Crippen MR) is 85.7 cm³/mol. The maximum Gasteiger partial charge on any atom is 0.573 e. The molecule has 0 aliphatic heterocycles. The minimum atomic E-state index is -4.73. The van der Waals surface area contributed by atoms with Crippen LogP contribution in [0.2, 0.25) is 0 Å². The van der Waals surface area contributed by atoms with E-state index in [0.29, 0.717) is 18.6 Å². The number of ether oxygens (including phenoxy) is 2. The summed E-state index contributed by atoms with van der Waals surface area (Å²) in [6.45, 7) is 6.38. The lowest BCUT2D eigenvalue weighted by molar-refractivity contribution is -0.274. The number of alkyl halides is 3. The van der Waals surface area contributed by atoms with Crippen molar-refractivity contribution < 1.29 is 27.4 Å². The maximum atomic E-state index is 12.5. The third-order valence-electron chi connectivity index (χ3n) is 4.85. The van der Waals surface area contributed by atoms with Crippen LogP contribution in [0, 0.1) is 5.41 Å². The van der Waals surface area contributed by atoms with E-state index in [4.69, 9.17) is 10.5 Å². The fourth-order valence-corrected chi connectivity index (χ4v) is 2.97. The van der Waals surface area contributed by atoms with Gasteiger partial charge in [0.1, 0.15) is 11.3 Å². The Kier molecular flexibility index (Phi) is 5.34. The third kappa shape index (κ3) is 4.07. The van der Waals surface area contributed by atoms with Gasteiger partial charge in [-0.3, -0.25) is 4.79 Å². The first kappa shape index (κ1) is 19.5. The molecule has 0 radical (unpaired) electrons. The van der Waals surface area contributed by atoms with E-state index in [1.807, 2.05) is 20.8 Å². The minimum Gasteiger partial charge on any atom is -0.406 e. The Hall–Kier alpha value is -1.80. The molecule has 1 aromatic rings. The van der Waals surface area contributed by atoms with E-state index in [1.165, 1.54) is 24.3 Å². The first-order valence-corrected chi connectivity index (χ1v) is 8.03. The van der Waals surface area contributed by atoms with Crippen molar-refractivity contribution in [3.8, 4) is 5.75 Å². The van der Waals surface area contributed by atoms with Crippen LogP contribution < -0.4 is 15.8 Å². The quantitative estimate of drug-likeness (QED) is 0.818. The minimum absolute atomic E-state index is 0.0768. The van der Waals surface area contributed by atoms with Gasteiger partial charge in [0, 0.05) is 25.0 Å². The van der Waals surface area contributed by atoms with Crippen LogP contribution in [-0.2, 0) is 16.1 Å². The van der Waals surface area contributed by atoms with Gasteiger partial charge < -0.3 is 20.5 Å². The van der Waals surface area contributed by atoms with Crippen molar-refractivity contribution in [1.29, 1.82) is 0 Å². The average Bonchev–Trinajstić information content (AvgIpc) is 2.52. The summed E-state index contributed by atoms with van der Waals surface area (Å²) in [7, 11) is 0. The maximum absolute atomic E-state index is 12.5. The number of hydrogen-bond donors (Lipinski definition) is 2. The fraction of sp³-hybridized carbons (Fsp3) is 0.588. The number of hydrogen-bond acceptors (Lipinski definition) is 4. The summed E-state index contributed by atoms with van der Waals surface area (Å²) in [6.07, 6.45) is -4.38. The number of halogens is 3. The Morgan fingerprint density at radius 2 is 1.92 bits per heavy atom. The number of rotatable bonds is 6. The van der Waals surface area contributed by atoms with E-state index in [9.17, 15) is 18.0 Å². The molecule has 8 heteroatoms. The number of carbonyl (C=O) groups excluding carboxylic acids is 1. The molecule has 0 heterocycles. The summed E-state index contributed by atoms with van der Waals surface area (Å²) in [5.41, 5.74) is 5.37. The molecule has 0 saturated heterocycles. The van der Waals surface area contributed by atoms with Crippen LogP contribution in [0.25, 0.3) is 0 Å². The van der Waals surface area contributed by atoms with Crippen molar-refractivity contribution in [2.75, 3.05) is 6.61 Å². The van der Waals surface area contributed by atoms with Gasteiger partial charge in [0.05, 0.1) is 6.10 Å². The highest BCUT2D eigenvalue weighted by Crippen LogP contribution is 2.49. The van der Waals surface area contributed by atoms with Gasteiger partial charge in [-0.25, -0.2) is 0 Å². The summed E-state index contributed by atoms with van der Waals surface area (Å²) in [4.78, 5) is 12.5. The molecule has 140 valence electrons. The Morgan fingerprint density at radius 1 is 1.32 bits per heavy atom. The van der Waals surface area contributed by atoms with Gasteiger partial charge in [-0.1, -0.05) is 26.0 Å². The van der Waals surface area contributed by atoms with Crippen LogP contribution in [0.4, 0.5) is 13.2 Å². The lowest BCUT2D eigenvalue weighted by atomic mass is 9.54. The Morgan fingerprint density at radius 3 is 2.40 bits per heavy atom. The summed E-state index contributed by atoms with van der Waals surface area (Å²) >= 11 is 0. The number of nitrogens with one attached hydrogen (secondary N) is 1. The van der Waals surface area contributed by atoms with Crippen molar-refractivity contribution in [2.45, 2.75) is 51.7 Å². The van der Waals surface area contributed by atoms with Gasteiger partial charge in [0.25, 0.3) is 0 Å². The largest absolute Gasteiger partial charge is 0.573 e. The van der Waals surface area contributed by atoms with Crippen LogP contribution in [0.1, 0.15) is 32.8 Å². The second kappa shape index (κ2) is 6.84. The van der Waals surface area contributed by atoms with Gasteiger partial charge in [-0.2, -0.15) is 0 Å². The molecule has 2 unspecified atom stereocenters. The Labute approximate surface area is 144 Å². The zero-order valence-electron chi connectivity index (χ0n) is 14.4. The average molecular weight is 360 g/mol. The molecular formula is C17H23F3N2O3. The van der Waals surface area contributed by atoms with Crippen molar-refractivity contribution in [3.05, 3.63) is 29.8 Å². The van der Waals surface area contributed by atoms with E-state index in [2.05, 4.69) is 10.1 Å². The molecule has 3 N–H and O–H groups in total. The molecule has 1 aromatic carbocycles. The highest BCUT2D eigenvalue weighted by molar-refractivity contribution is 5.88. The van der Waals surface area contributed by atoms with E-state index < -0.39 is 17.3 Å². The topological polar surface area (TPSA) is 73.6 Å². The Bertz CT molecular complexity index is 617. The zero-order chi connectivity index (χ0) is 18.9. The highest BCUT2D eigenvalue weighted by Gasteiger charge is 2.62. The van der Waals surface area contributed by atoms with Crippen LogP contribution in [-0.4, -0.2) is 30.5 Å². The first-order valence-electron chi connectivity index (χ1n) is 8.03. The summed E-state index contributed by atoms with van der Waals surface area (Å²) in [5, 5.41) is 2.74.